The molecule has 2 unspecified atom stereocenters. The van der Waals surface area contributed by atoms with Gasteiger partial charge < -0.3 is 26.8 Å². The number of carboxylic acids is 1. The summed E-state index contributed by atoms with van der Waals surface area (Å²) in [4.78, 5) is 22.3. The first-order chi connectivity index (χ1) is 12.2. The largest absolute Gasteiger partial charge is 0.507 e. The van der Waals surface area contributed by atoms with Crippen LogP contribution >= 0.6 is 0 Å². The van der Waals surface area contributed by atoms with Gasteiger partial charge in [-0.15, -0.1) is 0 Å². The fourth-order valence-electron chi connectivity index (χ4n) is 2.59. The number of phenolic OH excluding ortho intramolecular Hbond substituents is 2. The van der Waals surface area contributed by atoms with Crippen molar-refractivity contribution in [3.8, 4) is 22.6 Å². The van der Waals surface area contributed by atoms with Crippen molar-refractivity contribution in [1.82, 2.24) is 0 Å². The van der Waals surface area contributed by atoms with Crippen molar-refractivity contribution >= 4 is 11.8 Å². The number of ketones is 1. The van der Waals surface area contributed by atoms with E-state index in [-0.39, 0.29) is 23.7 Å². The van der Waals surface area contributed by atoms with Gasteiger partial charge in [0.1, 0.15) is 23.3 Å². The summed E-state index contributed by atoms with van der Waals surface area (Å²) in [5.74, 6) is -1.39. The molecule has 2 aromatic carbocycles. The van der Waals surface area contributed by atoms with E-state index in [2.05, 4.69) is 0 Å². The molecule has 0 spiro atoms. The van der Waals surface area contributed by atoms with Gasteiger partial charge in [0.05, 0.1) is 6.04 Å². The molecule has 0 aliphatic carbocycles. The standard InChI is InChI=1S/C19H22N2O5/c1-10(22)15(20)8-11-2-4-17(23)13(6-11)14-7-12(3-5-18(14)24)9-16(21)19(25)26/h2-7,15-16,23-24H,8-9,20-21H2,1H3,(H,25,26). The van der Waals surface area contributed by atoms with Crippen LogP contribution in [0, 0.1) is 0 Å². The minimum atomic E-state index is -1.12. The van der Waals surface area contributed by atoms with Gasteiger partial charge in [0.15, 0.2) is 0 Å². The number of carbonyl (C=O) groups is 2. The number of aliphatic carboxylic acids is 1. The Bertz CT molecular complexity index is 765. The molecule has 2 atom stereocenters. The van der Waals surface area contributed by atoms with E-state index in [1.165, 1.54) is 19.1 Å². The molecule has 26 heavy (non-hydrogen) atoms. The van der Waals surface area contributed by atoms with Gasteiger partial charge in [-0.05, 0) is 55.2 Å². The van der Waals surface area contributed by atoms with Gasteiger partial charge in [-0.3, -0.25) is 9.59 Å². The van der Waals surface area contributed by atoms with Crippen molar-refractivity contribution in [2.24, 2.45) is 11.5 Å². The predicted octanol–water partition coefficient (Wildman–Crippen LogP) is 1.18. The van der Waals surface area contributed by atoms with Gasteiger partial charge in [-0.25, -0.2) is 0 Å². The highest BCUT2D eigenvalue weighted by atomic mass is 16.4. The van der Waals surface area contributed by atoms with Crippen LogP contribution in [-0.4, -0.2) is 39.2 Å². The molecular weight excluding hydrogens is 336 g/mol. The minimum absolute atomic E-state index is 0.0554. The van der Waals surface area contributed by atoms with Gasteiger partial charge in [0.2, 0.25) is 0 Å². The molecule has 0 fully saturated rings. The molecule has 2 rings (SSSR count). The molecule has 7 N–H and O–H groups in total. The smallest absolute Gasteiger partial charge is 0.320 e. The molecule has 0 aliphatic heterocycles. The van der Waals surface area contributed by atoms with E-state index in [0.29, 0.717) is 23.1 Å². The highest BCUT2D eigenvalue weighted by Gasteiger charge is 2.16. The molecule has 7 nitrogen and oxygen atoms in total. The van der Waals surface area contributed by atoms with Crippen LogP contribution in [-0.2, 0) is 22.4 Å². The van der Waals surface area contributed by atoms with Crippen LogP contribution in [0.15, 0.2) is 36.4 Å². The maximum atomic E-state index is 11.4. The fraction of sp³-hybridized carbons (Fsp3) is 0.263. The van der Waals surface area contributed by atoms with Crippen LogP contribution in [0.1, 0.15) is 18.1 Å². The zero-order chi connectivity index (χ0) is 19.4. The summed E-state index contributed by atoms with van der Waals surface area (Å²) in [5.41, 5.74) is 13.4. The van der Waals surface area contributed by atoms with Crippen LogP contribution < -0.4 is 11.5 Å². The van der Waals surface area contributed by atoms with Crippen molar-refractivity contribution in [1.29, 1.82) is 0 Å². The van der Waals surface area contributed by atoms with Gasteiger partial charge in [-0.1, -0.05) is 12.1 Å². The Morgan fingerprint density at radius 1 is 0.885 bits per heavy atom. The van der Waals surface area contributed by atoms with Crippen molar-refractivity contribution in [3.63, 3.8) is 0 Å². The number of hydrogen-bond donors (Lipinski definition) is 5. The number of phenols is 2. The van der Waals surface area contributed by atoms with Gasteiger partial charge in [0, 0.05) is 11.1 Å². The SMILES string of the molecule is CC(=O)C(N)Cc1ccc(O)c(-c2cc(CC(N)C(=O)O)ccc2O)c1. The Morgan fingerprint density at radius 3 is 1.69 bits per heavy atom. The zero-order valence-corrected chi connectivity index (χ0v) is 14.3. The van der Waals surface area contributed by atoms with E-state index >= 15 is 0 Å². The molecule has 138 valence electrons. The Balaban J connectivity index is 2.40. The number of carbonyl (C=O) groups excluding carboxylic acids is 1. The summed E-state index contributed by atoms with van der Waals surface area (Å²) in [6.45, 7) is 1.41. The summed E-state index contributed by atoms with van der Waals surface area (Å²) in [6.07, 6.45) is 0.380. The van der Waals surface area contributed by atoms with Gasteiger partial charge in [-0.2, -0.15) is 0 Å². The lowest BCUT2D eigenvalue weighted by atomic mass is 9.95. The summed E-state index contributed by atoms with van der Waals surface area (Å²) < 4.78 is 0. The summed E-state index contributed by atoms with van der Waals surface area (Å²) in [6, 6.07) is 7.63. The molecule has 0 heterocycles. The molecule has 0 bridgehead atoms. The predicted molar refractivity (Wildman–Crippen MR) is 96.9 cm³/mol. The van der Waals surface area contributed by atoms with Gasteiger partial charge >= 0.3 is 5.97 Å². The lowest BCUT2D eigenvalue weighted by Gasteiger charge is -2.14. The van der Waals surface area contributed by atoms with Gasteiger partial charge in [0.25, 0.3) is 0 Å². The Hall–Kier alpha value is -2.90. The number of benzene rings is 2. The molecule has 0 radical (unpaired) electrons. The second-order valence-corrected chi connectivity index (χ2v) is 6.27. The number of Topliss-reactive ketones (excluding diaryl/α,β-unsaturated/α-hetero) is 1. The highest BCUT2D eigenvalue weighted by Crippen LogP contribution is 2.37. The Labute approximate surface area is 150 Å². The molecule has 0 aliphatic rings. The van der Waals surface area contributed by atoms with E-state index in [0.717, 1.165) is 5.56 Å². The average molecular weight is 358 g/mol. The normalized spacial score (nSPS) is 13.2. The zero-order valence-electron chi connectivity index (χ0n) is 14.3. The molecule has 0 aromatic heterocycles. The summed E-state index contributed by atoms with van der Waals surface area (Å²) in [7, 11) is 0. The van der Waals surface area contributed by atoms with Crippen molar-refractivity contribution in [2.75, 3.05) is 0 Å². The Kier molecular flexibility index (Phi) is 5.97. The third kappa shape index (κ3) is 4.59. The quantitative estimate of drug-likeness (QED) is 0.499. The van der Waals surface area contributed by atoms with Crippen molar-refractivity contribution in [3.05, 3.63) is 47.5 Å². The summed E-state index contributed by atoms with van der Waals surface area (Å²) >= 11 is 0. The minimum Gasteiger partial charge on any atom is -0.507 e. The molecule has 0 saturated heterocycles. The molecule has 0 amide bonds. The monoisotopic (exact) mass is 358 g/mol. The first kappa shape index (κ1) is 19.4. The maximum absolute atomic E-state index is 11.4. The number of nitrogens with two attached hydrogens (primary N) is 2. The second kappa shape index (κ2) is 7.99. The number of aromatic hydroxyl groups is 2. The van der Waals surface area contributed by atoms with Crippen molar-refractivity contribution in [2.45, 2.75) is 31.8 Å². The fourth-order valence-corrected chi connectivity index (χ4v) is 2.59. The highest BCUT2D eigenvalue weighted by molar-refractivity contribution is 5.82. The third-order valence-electron chi connectivity index (χ3n) is 4.16. The molecule has 2 aromatic rings. The van der Waals surface area contributed by atoms with Crippen LogP contribution in [0.25, 0.3) is 11.1 Å². The van der Waals surface area contributed by atoms with Crippen LogP contribution in [0.2, 0.25) is 0 Å². The molecule has 7 heteroatoms. The lowest BCUT2D eigenvalue weighted by Crippen LogP contribution is -2.32. The average Bonchev–Trinajstić information content (AvgIpc) is 2.58. The van der Waals surface area contributed by atoms with E-state index in [1.807, 2.05) is 0 Å². The number of hydrogen-bond acceptors (Lipinski definition) is 6. The van der Waals surface area contributed by atoms with E-state index in [9.17, 15) is 19.8 Å². The molecule has 0 saturated carbocycles. The van der Waals surface area contributed by atoms with Crippen LogP contribution in [0.4, 0.5) is 0 Å². The number of rotatable bonds is 7. The third-order valence-corrected chi connectivity index (χ3v) is 4.16. The topological polar surface area (TPSA) is 147 Å². The summed E-state index contributed by atoms with van der Waals surface area (Å²) in [5, 5.41) is 29.3. The van der Waals surface area contributed by atoms with E-state index in [4.69, 9.17) is 16.6 Å². The first-order valence-corrected chi connectivity index (χ1v) is 8.07. The molecular formula is C19H22N2O5. The number of carboxylic acid groups (broad SMARTS) is 1. The second-order valence-electron chi connectivity index (χ2n) is 6.27. The van der Waals surface area contributed by atoms with Crippen molar-refractivity contribution < 1.29 is 24.9 Å². The van der Waals surface area contributed by atoms with Crippen LogP contribution in [0.3, 0.4) is 0 Å². The Morgan fingerprint density at radius 2 is 1.31 bits per heavy atom. The maximum Gasteiger partial charge on any atom is 0.320 e. The van der Waals surface area contributed by atoms with Crippen LogP contribution in [0.5, 0.6) is 11.5 Å². The lowest BCUT2D eigenvalue weighted by molar-refractivity contribution is -0.138. The first-order valence-electron chi connectivity index (χ1n) is 8.07. The van der Waals surface area contributed by atoms with E-state index < -0.39 is 18.1 Å². The van der Waals surface area contributed by atoms with E-state index in [1.54, 1.807) is 24.3 Å².